The number of aromatic nitrogens is 2. The van der Waals surface area contributed by atoms with Gasteiger partial charge in [-0.15, -0.1) is 0 Å². The zero-order valence-corrected chi connectivity index (χ0v) is 14.4. The van der Waals surface area contributed by atoms with Crippen LogP contribution in [0.4, 0.5) is 4.79 Å². The lowest BCUT2D eigenvalue weighted by Crippen LogP contribution is -2.40. The van der Waals surface area contributed by atoms with Gasteiger partial charge in [-0.05, 0) is 43.6 Å². The molecule has 1 aromatic rings. The van der Waals surface area contributed by atoms with Gasteiger partial charge >= 0.3 is 12.1 Å². The summed E-state index contributed by atoms with van der Waals surface area (Å²) in [6, 6.07) is 1.29. The van der Waals surface area contributed by atoms with E-state index in [4.69, 9.17) is 4.74 Å². The highest BCUT2D eigenvalue weighted by atomic mass is 79.9. The van der Waals surface area contributed by atoms with Crippen LogP contribution in [0.5, 0.6) is 0 Å². The van der Waals surface area contributed by atoms with E-state index in [1.807, 2.05) is 0 Å². The molecular weight excluding hydrogens is 342 g/mol. The topological polar surface area (TPSA) is 82.5 Å². The maximum Gasteiger partial charge on any atom is 0.407 e. The van der Waals surface area contributed by atoms with Crippen molar-refractivity contribution in [3.05, 3.63) is 16.4 Å². The normalized spacial score (nSPS) is 12.7. The molecule has 0 unspecified atom stereocenters. The van der Waals surface area contributed by atoms with Crippen LogP contribution in [0.2, 0.25) is 0 Å². The van der Waals surface area contributed by atoms with Crippen molar-refractivity contribution in [2.45, 2.75) is 45.9 Å². The van der Waals surface area contributed by atoms with Crippen LogP contribution in [0.3, 0.4) is 0 Å². The van der Waals surface area contributed by atoms with Crippen LogP contribution >= 0.6 is 15.9 Å². The highest BCUT2D eigenvalue weighted by Crippen LogP contribution is 2.13. The van der Waals surface area contributed by atoms with Crippen molar-refractivity contribution in [2.24, 2.45) is 0 Å². The molecule has 7 nitrogen and oxygen atoms in total. The van der Waals surface area contributed by atoms with Crippen LogP contribution in [0, 0.1) is 0 Å². The first-order valence-corrected chi connectivity index (χ1v) is 7.23. The van der Waals surface area contributed by atoms with Crippen LogP contribution in [-0.4, -0.2) is 40.6 Å². The van der Waals surface area contributed by atoms with Crippen LogP contribution in [0.25, 0.3) is 0 Å². The zero-order valence-electron chi connectivity index (χ0n) is 12.8. The summed E-state index contributed by atoms with van der Waals surface area (Å²) < 4.78 is 11.8. The molecule has 0 fully saturated rings. The second-order valence-electron chi connectivity index (χ2n) is 5.57. The minimum Gasteiger partial charge on any atom is -0.464 e. The molecule has 21 heavy (non-hydrogen) atoms. The predicted molar refractivity (Wildman–Crippen MR) is 80.1 cm³/mol. The van der Waals surface area contributed by atoms with E-state index < -0.39 is 17.7 Å². The Balaban J connectivity index is 2.69. The molecule has 0 aromatic carbocycles. The van der Waals surface area contributed by atoms with Crippen molar-refractivity contribution >= 4 is 28.0 Å². The van der Waals surface area contributed by atoms with Gasteiger partial charge in [0.15, 0.2) is 0 Å². The molecule has 1 atom stereocenters. The Morgan fingerprint density at radius 2 is 2.10 bits per heavy atom. The molecule has 0 saturated heterocycles. The first-order valence-electron chi connectivity index (χ1n) is 6.43. The molecule has 0 bridgehead atoms. The molecule has 0 saturated carbocycles. The van der Waals surface area contributed by atoms with Gasteiger partial charge < -0.3 is 14.8 Å². The summed E-state index contributed by atoms with van der Waals surface area (Å²) in [6.45, 7) is 7.47. The fourth-order valence-corrected chi connectivity index (χ4v) is 2.02. The zero-order chi connectivity index (χ0) is 16.2. The van der Waals surface area contributed by atoms with E-state index >= 15 is 0 Å². The third-order valence-electron chi connectivity index (χ3n) is 2.35. The van der Waals surface area contributed by atoms with Crippen LogP contribution in [-0.2, 0) is 16.0 Å². The van der Waals surface area contributed by atoms with Crippen molar-refractivity contribution in [3.63, 3.8) is 0 Å². The molecule has 1 aromatic heterocycles. The van der Waals surface area contributed by atoms with E-state index in [0.29, 0.717) is 16.8 Å². The van der Waals surface area contributed by atoms with E-state index in [9.17, 15) is 9.59 Å². The highest BCUT2D eigenvalue weighted by molar-refractivity contribution is 9.10. The van der Waals surface area contributed by atoms with Gasteiger partial charge in [0, 0.05) is 12.1 Å². The van der Waals surface area contributed by atoms with Crippen LogP contribution in [0.15, 0.2) is 10.7 Å². The number of ether oxygens (including phenoxy) is 2. The third kappa shape index (κ3) is 5.74. The molecule has 1 heterocycles. The SMILES string of the molecule is COC(=O)c1cc(Br)nn1C[C@H](C)NC(=O)OC(C)(C)C. The Kier molecular flexibility index (Phi) is 5.77. The number of esters is 1. The number of rotatable bonds is 4. The Bertz CT molecular complexity index is 522. The number of alkyl carbamates (subject to hydrolysis) is 1. The maximum absolute atomic E-state index is 11.7. The van der Waals surface area contributed by atoms with Crippen LogP contribution in [0.1, 0.15) is 38.2 Å². The predicted octanol–water partition coefficient (Wildman–Crippen LogP) is 2.35. The number of amides is 1. The molecule has 1 rings (SSSR count). The van der Waals surface area contributed by atoms with Crippen LogP contribution < -0.4 is 5.32 Å². The lowest BCUT2D eigenvalue weighted by atomic mass is 10.2. The molecule has 1 amide bonds. The lowest BCUT2D eigenvalue weighted by molar-refractivity contribution is 0.0503. The summed E-state index contributed by atoms with van der Waals surface area (Å²) in [4.78, 5) is 23.3. The van der Waals surface area contributed by atoms with E-state index in [-0.39, 0.29) is 6.04 Å². The van der Waals surface area contributed by atoms with Gasteiger partial charge in [-0.3, -0.25) is 4.68 Å². The lowest BCUT2D eigenvalue weighted by Gasteiger charge is -2.22. The van der Waals surface area contributed by atoms with Gasteiger partial charge in [-0.1, -0.05) is 0 Å². The molecule has 0 aliphatic carbocycles. The summed E-state index contributed by atoms with van der Waals surface area (Å²) in [5.74, 6) is -0.488. The minimum atomic E-state index is -0.560. The van der Waals surface area contributed by atoms with E-state index in [1.54, 1.807) is 33.8 Å². The second kappa shape index (κ2) is 6.93. The molecule has 8 heteroatoms. The summed E-state index contributed by atoms with van der Waals surface area (Å²) in [7, 11) is 1.30. The summed E-state index contributed by atoms with van der Waals surface area (Å²) in [5.41, 5.74) is -0.252. The van der Waals surface area contributed by atoms with Gasteiger partial charge in [0.2, 0.25) is 0 Å². The number of carbonyl (C=O) groups excluding carboxylic acids is 2. The number of nitrogens with one attached hydrogen (secondary N) is 1. The largest absolute Gasteiger partial charge is 0.464 e. The van der Waals surface area contributed by atoms with Gasteiger partial charge in [0.25, 0.3) is 0 Å². The van der Waals surface area contributed by atoms with Crippen molar-refractivity contribution in [3.8, 4) is 0 Å². The van der Waals surface area contributed by atoms with E-state index in [1.165, 1.54) is 11.8 Å². The Morgan fingerprint density at radius 1 is 1.48 bits per heavy atom. The van der Waals surface area contributed by atoms with Gasteiger partial charge in [0.1, 0.15) is 15.9 Å². The molecule has 0 spiro atoms. The molecule has 0 aliphatic rings. The summed E-state index contributed by atoms with van der Waals surface area (Å²) in [5, 5.41) is 6.83. The van der Waals surface area contributed by atoms with Crippen molar-refractivity contribution < 1.29 is 19.1 Å². The molecule has 0 aliphatic heterocycles. The quantitative estimate of drug-likeness (QED) is 0.832. The monoisotopic (exact) mass is 361 g/mol. The van der Waals surface area contributed by atoms with Crippen molar-refractivity contribution in [1.29, 1.82) is 0 Å². The average Bonchev–Trinajstić information content (AvgIpc) is 2.66. The Morgan fingerprint density at radius 3 is 2.62 bits per heavy atom. The molecule has 0 radical (unpaired) electrons. The molecule has 118 valence electrons. The molecule has 1 N–H and O–H groups in total. The average molecular weight is 362 g/mol. The first-order chi connectivity index (χ1) is 9.62. The smallest absolute Gasteiger partial charge is 0.407 e. The number of methoxy groups -OCH3 is 1. The number of nitrogens with zero attached hydrogens (tertiary/aromatic N) is 2. The number of hydrogen-bond donors (Lipinski definition) is 1. The van der Waals surface area contributed by atoms with E-state index in [2.05, 4.69) is 31.1 Å². The standard InChI is InChI=1S/C13H20BrN3O4/c1-8(15-12(19)21-13(2,3)4)7-17-9(11(18)20-5)6-10(14)16-17/h6,8H,7H2,1-5H3,(H,15,19)/t8-/m0/s1. The number of hydrogen-bond acceptors (Lipinski definition) is 5. The van der Waals surface area contributed by atoms with Gasteiger partial charge in [0.05, 0.1) is 13.7 Å². The fraction of sp³-hybridized carbons (Fsp3) is 0.615. The second-order valence-corrected chi connectivity index (χ2v) is 6.39. The number of halogens is 1. The van der Waals surface area contributed by atoms with E-state index in [0.717, 1.165) is 0 Å². The fourth-order valence-electron chi connectivity index (χ4n) is 1.61. The third-order valence-corrected chi connectivity index (χ3v) is 2.74. The first kappa shape index (κ1) is 17.5. The van der Waals surface area contributed by atoms with Gasteiger partial charge in [-0.25, -0.2) is 9.59 Å². The summed E-state index contributed by atoms with van der Waals surface area (Å²) in [6.07, 6.45) is -0.513. The Labute approximate surface area is 132 Å². The number of carbonyl (C=O) groups is 2. The van der Waals surface area contributed by atoms with Crippen molar-refractivity contribution in [2.75, 3.05) is 7.11 Å². The minimum absolute atomic E-state index is 0.268. The molecular formula is C13H20BrN3O4. The summed E-state index contributed by atoms with van der Waals surface area (Å²) >= 11 is 3.21. The maximum atomic E-state index is 11.7. The highest BCUT2D eigenvalue weighted by Gasteiger charge is 2.20. The van der Waals surface area contributed by atoms with Gasteiger partial charge in [-0.2, -0.15) is 5.10 Å². The van der Waals surface area contributed by atoms with Crippen molar-refractivity contribution in [1.82, 2.24) is 15.1 Å². The Hall–Kier alpha value is -1.57.